The van der Waals surface area contributed by atoms with Crippen LogP contribution in [0.4, 0.5) is 0 Å². The van der Waals surface area contributed by atoms with Gasteiger partial charge in [0.1, 0.15) is 0 Å². The molecule has 0 heterocycles. The SMILES string of the molecule is CCCc1ccc(C2(C3CCC(CCC)CC3)CCCCC2)cc1. The lowest BCUT2D eigenvalue weighted by atomic mass is 9.57. The quantitative estimate of drug-likeness (QED) is 0.509. The molecule has 0 bridgehead atoms. The van der Waals surface area contributed by atoms with Crippen molar-refractivity contribution in [3.05, 3.63) is 35.4 Å². The van der Waals surface area contributed by atoms with E-state index in [1.54, 1.807) is 5.56 Å². The van der Waals surface area contributed by atoms with Gasteiger partial charge in [0.2, 0.25) is 0 Å². The van der Waals surface area contributed by atoms with E-state index in [2.05, 4.69) is 38.1 Å². The van der Waals surface area contributed by atoms with Crippen molar-refractivity contribution in [2.24, 2.45) is 11.8 Å². The zero-order valence-corrected chi connectivity index (χ0v) is 16.2. The van der Waals surface area contributed by atoms with Gasteiger partial charge < -0.3 is 0 Å². The second-order valence-electron chi connectivity index (χ2n) is 8.67. The molecular formula is C24H38. The van der Waals surface area contributed by atoms with Gasteiger partial charge in [-0.25, -0.2) is 0 Å². The molecule has 0 heteroatoms. The van der Waals surface area contributed by atoms with E-state index in [9.17, 15) is 0 Å². The summed E-state index contributed by atoms with van der Waals surface area (Å²) < 4.78 is 0. The molecule has 1 aromatic carbocycles. The van der Waals surface area contributed by atoms with E-state index in [1.165, 1.54) is 89.0 Å². The summed E-state index contributed by atoms with van der Waals surface area (Å²) in [6.07, 6.45) is 18.5. The van der Waals surface area contributed by atoms with Crippen LogP contribution in [0, 0.1) is 11.8 Å². The van der Waals surface area contributed by atoms with E-state index in [0.717, 1.165) is 11.8 Å². The Hall–Kier alpha value is -0.780. The highest BCUT2D eigenvalue weighted by Crippen LogP contribution is 2.51. The Morgan fingerprint density at radius 1 is 0.833 bits per heavy atom. The highest BCUT2D eigenvalue weighted by atomic mass is 14.5. The fourth-order valence-electron chi connectivity index (χ4n) is 5.82. The monoisotopic (exact) mass is 326 g/mol. The summed E-state index contributed by atoms with van der Waals surface area (Å²) in [4.78, 5) is 0. The van der Waals surface area contributed by atoms with Gasteiger partial charge in [-0.1, -0.05) is 89.5 Å². The average molecular weight is 327 g/mol. The fraction of sp³-hybridized carbons (Fsp3) is 0.750. The predicted octanol–water partition coefficient (Wildman–Crippen LogP) is 7.45. The fourth-order valence-corrected chi connectivity index (χ4v) is 5.82. The Kier molecular flexibility index (Phi) is 6.42. The van der Waals surface area contributed by atoms with Crippen molar-refractivity contribution in [2.75, 3.05) is 0 Å². The van der Waals surface area contributed by atoms with Crippen LogP contribution in [-0.2, 0) is 11.8 Å². The third kappa shape index (κ3) is 3.89. The molecule has 2 saturated carbocycles. The van der Waals surface area contributed by atoms with E-state index in [-0.39, 0.29) is 0 Å². The Morgan fingerprint density at radius 2 is 1.50 bits per heavy atom. The summed E-state index contributed by atoms with van der Waals surface area (Å²) >= 11 is 0. The van der Waals surface area contributed by atoms with Crippen molar-refractivity contribution < 1.29 is 0 Å². The van der Waals surface area contributed by atoms with Gasteiger partial charge in [0.25, 0.3) is 0 Å². The molecule has 2 aliphatic rings. The maximum atomic E-state index is 2.51. The van der Waals surface area contributed by atoms with Crippen LogP contribution in [0.5, 0.6) is 0 Å². The first-order valence-electron chi connectivity index (χ1n) is 10.9. The maximum Gasteiger partial charge on any atom is -0.00187 e. The number of benzene rings is 1. The normalized spacial score (nSPS) is 27.1. The minimum Gasteiger partial charge on any atom is -0.0654 e. The number of hydrogen-bond acceptors (Lipinski definition) is 0. The minimum absolute atomic E-state index is 0.514. The van der Waals surface area contributed by atoms with Gasteiger partial charge in [0, 0.05) is 0 Å². The van der Waals surface area contributed by atoms with E-state index in [1.807, 2.05) is 0 Å². The summed E-state index contributed by atoms with van der Waals surface area (Å²) in [7, 11) is 0. The molecule has 134 valence electrons. The van der Waals surface area contributed by atoms with Crippen LogP contribution in [0.2, 0.25) is 0 Å². The van der Waals surface area contributed by atoms with Crippen LogP contribution >= 0.6 is 0 Å². The summed E-state index contributed by atoms with van der Waals surface area (Å²) in [6.45, 7) is 4.64. The van der Waals surface area contributed by atoms with E-state index < -0.39 is 0 Å². The molecular weight excluding hydrogens is 288 g/mol. The van der Waals surface area contributed by atoms with Crippen molar-refractivity contribution in [1.82, 2.24) is 0 Å². The summed E-state index contributed by atoms with van der Waals surface area (Å²) in [6, 6.07) is 9.87. The number of rotatable bonds is 6. The predicted molar refractivity (Wildman–Crippen MR) is 106 cm³/mol. The highest BCUT2D eigenvalue weighted by Gasteiger charge is 2.42. The Labute approximate surface area is 150 Å². The molecule has 2 aliphatic carbocycles. The first kappa shape index (κ1) is 18.0. The van der Waals surface area contributed by atoms with Crippen molar-refractivity contribution >= 4 is 0 Å². The van der Waals surface area contributed by atoms with Crippen LogP contribution in [-0.4, -0.2) is 0 Å². The van der Waals surface area contributed by atoms with Gasteiger partial charge in [-0.3, -0.25) is 0 Å². The summed E-state index contributed by atoms with van der Waals surface area (Å²) in [5.41, 5.74) is 3.72. The molecule has 0 unspecified atom stereocenters. The molecule has 24 heavy (non-hydrogen) atoms. The molecule has 0 aliphatic heterocycles. The van der Waals surface area contributed by atoms with Crippen LogP contribution in [0.15, 0.2) is 24.3 Å². The van der Waals surface area contributed by atoms with Crippen molar-refractivity contribution in [2.45, 2.75) is 103 Å². The molecule has 0 radical (unpaired) electrons. The Bertz CT molecular complexity index is 469. The lowest BCUT2D eigenvalue weighted by Crippen LogP contribution is -2.39. The zero-order chi connectivity index (χ0) is 16.8. The van der Waals surface area contributed by atoms with Crippen LogP contribution in [0.1, 0.15) is 102 Å². The first-order valence-corrected chi connectivity index (χ1v) is 10.9. The third-order valence-electron chi connectivity index (χ3n) is 7.14. The minimum atomic E-state index is 0.514. The Morgan fingerprint density at radius 3 is 2.08 bits per heavy atom. The molecule has 0 spiro atoms. The van der Waals surface area contributed by atoms with Crippen molar-refractivity contribution in [1.29, 1.82) is 0 Å². The van der Waals surface area contributed by atoms with Gasteiger partial charge in [0.15, 0.2) is 0 Å². The summed E-state index contributed by atoms with van der Waals surface area (Å²) in [5.74, 6) is 1.97. The molecule has 0 nitrogen and oxygen atoms in total. The topological polar surface area (TPSA) is 0 Å². The highest BCUT2D eigenvalue weighted by molar-refractivity contribution is 5.31. The van der Waals surface area contributed by atoms with Gasteiger partial charge in [-0.15, -0.1) is 0 Å². The largest absolute Gasteiger partial charge is 0.0654 e. The molecule has 0 atom stereocenters. The van der Waals surface area contributed by atoms with Gasteiger partial charge >= 0.3 is 0 Å². The van der Waals surface area contributed by atoms with E-state index in [4.69, 9.17) is 0 Å². The first-order chi connectivity index (χ1) is 11.8. The molecule has 0 aromatic heterocycles. The van der Waals surface area contributed by atoms with Crippen LogP contribution in [0.3, 0.4) is 0 Å². The smallest absolute Gasteiger partial charge is 0.00187 e. The molecule has 0 N–H and O–H groups in total. The maximum absolute atomic E-state index is 2.51. The van der Waals surface area contributed by atoms with Gasteiger partial charge in [-0.05, 0) is 60.5 Å². The number of aryl methyl sites for hydroxylation is 1. The Balaban J connectivity index is 1.77. The van der Waals surface area contributed by atoms with Crippen molar-refractivity contribution in [3.8, 4) is 0 Å². The van der Waals surface area contributed by atoms with Gasteiger partial charge in [0.05, 0.1) is 0 Å². The van der Waals surface area contributed by atoms with Crippen LogP contribution < -0.4 is 0 Å². The third-order valence-corrected chi connectivity index (χ3v) is 7.14. The van der Waals surface area contributed by atoms with Crippen molar-refractivity contribution in [3.63, 3.8) is 0 Å². The van der Waals surface area contributed by atoms with E-state index >= 15 is 0 Å². The van der Waals surface area contributed by atoms with E-state index in [0.29, 0.717) is 5.41 Å². The molecule has 0 saturated heterocycles. The average Bonchev–Trinajstić information content (AvgIpc) is 2.64. The molecule has 1 aromatic rings. The zero-order valence-electron chi connectivity index (χ0n) is 16.2. The molecule has 2 fully saturated rings. The molecule has 0 amide bonds. The lowest BCUT2D eigenvalue weighted by Gasteiger charge is -2.47. The standard InChI is InChI=1S/C24H38/c1-3-8-20-10-14-22(15-11-20)24(18-6-5-7-19-24)23-16-12-21(9-4-2)13-17-23/h10-11,14-15,21,23H,3-9,12-13,16-19H2,1-2H3. The lowest BCUT2D eigenvalue weighted by molar-refractivity contribution is 0.125. The second-order valence-corrected chi connectivity index (χ2v) is 8.67. The number of hydrogen-bond donors (Lipinski definition) is 0. The molecule has 3 rings (SSSR count). The van der Waals surface area contributed by atoms with Crippen LogP contribution in [0.25, 0.3) is 0 Å². The van der Waals surface area contributed by atoms with Gasteiger partial charge in [-0.2, -0.15) is 0 Å². The second kappa shape index (κ2) is 8.54. The summed E-state index contributed by atoms with van der Waals surface area (Å²) in [5, 5.41) is 0.